The van der Waals surface area contributed by atoms with Gasteiger partial charge in [0, 0.05) is 30.7 Å². The summed E-state index contributed by atoms with van der Waals surface area (Å²) in [6.07, 6.45) is 2.15. The predicted octanol–water partition coefficient (Wildman–Crippen LogP) is 5.23. The molecule has 1 aromatic heterocycles. The Kier molecular flexibility index (Phi) is 5.86. The highest BCUT2D eigenvalue weighted by molar-refractivity contribution is 6.34. The third-order valence-corrected chi connectivity index (χ3v) is 5.67. The molecule has 0 spiro atoms. The molecule has 0 bridgehead atoms. The number of benzene rings is 2. The molecule has 1 fully saturated rings. The van der Waals surface area contributed by atoms with Crippen LogP contribution >= 0.6 is 11.6 Å². The molecule has 2 amide bonds. The first-order valence-corrected chi connectivity index (χ1v) is 10.4. The molecule has 150 valence electrons. The fraction of sp³-hybridized carbons (Fsp3) is 0.304. The van der Waals surface area contributed by atoms with E-state index in [2.05, 4.69) is 32.7 Å². The molecular weight excluding hydrogens is 384 g/mol. The summed E-state index contributed by atoms with van der Waals surface area (Å²) in [6, 6.07) is 17.7. The number of carbonyl (C=O) groups is 1. The Morgan fingerprint density at radius 2 is 2.00 bits per heavy atom. The number of rotatable bonds is 4. The minimum Gasteiger partial charge on any atom is -0.356 e. The number of urea groups is 1. The number of nitrogens with one attached hydrogen (secondary N) is 2. The first-order valence-electron chi connectivity index (χ1n) is 10.0. The van der Waals surface area contributed by atoms with Crippen molar-refractivity contribution in [1.82, 2.24) is 10.3 Å². The number of piperidine rings is 1. The maximum Gasteiger partial charge on any atom is 0.319 e. The van der Waals surface area contributed by atoms with E-state index in [4.69, 9.17) is 11.6 Å². The van der Waals surface area contributed by atoms with E-state index in [1.54, 1.807) is 0 Å². The molecule has 29 heavy (non-hydrogen) atoms. The van der Waals surface area contributed by atoms with E-state index < -0.39 is 0 Å². The minimum atomic E-state index is -0.169. The molecule has 6 heteroatoms. The number of carbonyl (C=O) groups excluding carboxylic acids is 1. The summed E-state index contributed by atoms with van der Waals surface area (Å²) in [5, 5.41) is 8.50. The quantitative estimate of drug-likeness (QED) is 0.581. The van der Waals surface area contributed by atoms with Gasteiger partial charge in [-0.25, -0.2) is 9.78 Å². The van der Waals surface area contributed by atoms with Gasteiger partial charge in [-0.1, -0.05) is 53.6 Å². The number of nitrogens with zero attached hydrogens (tertiary/aromatic N) is 2. The third-order valence-electron chi connectivity index (χ3n) is 5.38. The summed E-state index contributed by atoms with van der Waals surface area (Å²) in [7, 11) is 0. The van der Waals surface area contributed by atoms with Gasteiger partial charge in [-0.2, -0.15) is 0 Å². The van der Waals surface area contributed by atoms with Crippen LogP contribution in [0.1, 0.15) is 18.4 Å². The van der Waals surface area contributed by atoms with E-state index in [1.807, 2.05) is 49.4 Å². The summed E-state index contributed by atoms with van der Waals surface area (Å²) in [5.41, 5.74) is 1.97. The number of aromatic nitrogens is 1. The molecule has 1 unspecified atom stereocenters. The van der Waals surface area contributed by atoms with Gasteiger partial charge in [-0.15, -0.1) is 0 Å². The van der Waals surface area contributed by atoms with E-state index >= 15 is 0 Å². The average molecular weight is 409 g/mol. The van der Waals surface area contributed by atoms with Crippen molar-refractivity contribution in [2.24, 2.45) is 5.92 Å². The van der Waals surface area contributed by atoms with Crippen molar-refractivity contribution in [3.8, 4) is 0 Å². The van der Waals surface area contributed by atoms with Crippen molar-refractivity contribution in [3.63, 3.8) is 0 Å². The van der Waals surface area contributed by atoms with Crippen LogP contribution < -0.4 is 15.5 Å². The van der Waals surface area contributed by atoms with E-state index in [0.29, 0.717) is 17.6 Å². The monoisotopic (exact) mass is 408 g/mol. The van der Waals surface area contributed by atoms with Crippen molar-refractivity contribution in [3.05, 3.63) is 65.3 Å². The zero-order valence-electron chi connectivity index (χ0n) is 16.5. The highest BCUT2D eigenvalue weighted by atomic mass is 35.5. The average Bonchev–Trinajstić information content (AvgIpc) is 2.74. The largest absolute Gasteiger partial charge is 0.356 e. The van der Waals surface area contributed by atoms with E-state index in [-0.39, 0.29) is 6.03 Å². The topological polar surface area (TPSA) is 57.3 Å². The fourth-order valence-electron chi connectivity index (χ4n) is 3.79. The van der Waals surface area contributed by atoms with E-state index in [1.165, 1.54) is 5.56 Å². The van der Waals surface area contributed by atoms with Crippen LogP contribution in [0.5, 0.6) is 0 Å². The Bertz CT molecular complexity index is 1010. The van der Waals surface area contributed by atoms with E-state index in [9.17, 15) is 4.79 Å². The van der Waals surface area contributed by atoms with Gasteiger partial charge in [-0.3, -0.25) is 0 Å². The molecule has 2 N–H and O–H groups in total. The van der Waals surface area contributed by atoms with Crippen molar-refractivity contribution in [2.75, 3.05) is 29.9 Å². The van der Waals surface area contributed by atoms with Crippen LogP contribution in [0.15, 0.2) is 54.6 Å². The highest BCUT2D eigenvalue weighted by Gasteiger charge is 2.22. The molecule has 1 atom stereocenters. The Hall–Kier alpha value is -2.79. The number of halogens is 1. The number of pyridine rings is 1. The SMILES string of the molecule is Cc1ccc(NC(=O)NCC2CCCN(c3cc4ccccc4c(Cl)n3)C2)cc1. The summed E-state index contributed by atoms with van der Waals surface area (Å²) in [6.45, 7) is 4.46. The molecule has 2 heterocycles. The van der Waals surface area contributed by atoms with Crippen LogP contribution in [0.3, 0.4) is 0 Å². The Morgan fingerprint density at radius 3 is 2.83 bits per heavy atom. The third kappa shape index (κ3) is 4.80. The predicted molar refractivity (Wildman–Crippen MR) is 120 cm³/mol. The number of hydrogen-bond donors (Lipinski definition) is 2. The number of amides is 2. The molecule has 1 saturated heterocycles. The molecule has 2 aromatic carbocycles. The molecule has 0 radical (unpaired) electrons. The lowest BCUT2D eigenvalue weighted by Crippen LogP contribution is -2.42. The maximum absolute atomic E-state index is 12.2. The van der Waals surface area contributed by atoms with Crippen LogP contribution in [0.25, 0.3) is 10.8 Å². The maximum atomic E-state index is 12.2. The first kappa shape index (κ1) is 19.5. The van der Waals surface area contributed by atoms with Gasteiger partial charge in [0.25, 0.3) is 0 Å². The van der Waals surface area contributed by atoms with Crippen LogP contribution in [0.2, 0.25) is 5.15 Å². The first-order chi connectivity index (χ1) is 14.1. The molecule has 3 aromatic rings. The van der Waals surface area contributed by atoms with Gasteiger partial charge in [0.2, 0.25) is 0 Å². The van der Waals surface area contributed by atoms with E-state index in [0.717, 1.165) is 48.2 Å². The fourth-order valence-corrected chi connectivity index (χ4v) is 4.05. The normalized spacial score (nSPS) is 16.6. The summed E-state index contributed by atoms with van der Waals surface area (Å²) in [4.78, 5) is 19.1. The van der Waals surface area contributed by atoms with Crippen LogP contribution in [0.4, 0.5) is 16.3 Å². The van der Waals surface area contributed by atoms with Crippen molar-refractivity contribution < 1.29 is 4.79 Å². The van der Waals surface area contributed by atoms with Crippen molar-refractivity contribution in [2.45, 2.75) is 19.8 Å². The molecule has 0 saturated carbocycles. The second-order valence-corrected chi connectivity index (χ2v) is 8.01. The van der Waals surface area contributed by atoms with Crippen molar-refractivity contribution >= 4 is 39.9 Å². The zero-order chi connectivity index (χ0) is 20.2. The standard InChI is InChI=1S/C23H25ClN4O/c1-16-8-10-19(11-9-16)26-23(29)25-14-17-5-4-12-28(15-17)21-13-18-6-2-3-7-20(18)22(24)27-21/h2-3,6-11,13,17H,4-5,12,14-15H2,1H3,(H2,25,26,29). The van der Waals surface area contributed by atoms with Crippen LogP contribution in [-0.2, 0) is 0 Å². The number of anilines is 2. The molecule has 0 aliphatic carbocycles. The number of aryl methyl sites for hydroxylation is 1. The summed E-state index contributed by atoms with van der Waals surface area (Å²) < 4.78 is 0. The van der Waals surface area contributed by atoms with Gasteiger partial charge in [0.15, 0.2) is 0 Å². The smallest absolute Gasteiger partial charge is 0.319 e. The second-order valence-electron chi connectivity index (χ2n) is 7.65. The lowest BCUT2D eigenvalue weighted by atomic mass is 9.98. The Morgan fingerprint density at radius 1 is 1.21 bits per heavy atom. The Balaban J connectivity index is 1.36. The van der Waals surface area contributed by atoms with Crippen molar-refractivity contribution in [1.29, 1.82) is 0 Å². The molecule has 1 aliphatic heterocycles. The van der Waals surface area contributed by atoms with Gasteiger partial charge in [0.1, 0.15) is 11.0 Å². The lowest BCUT2D eigenvalue weighted by molar-refractivity contribution is 0.249. The summed E-state index contributed by atoms with van der Waals surface area (Å²) >= 11 is 6.40. The molecule has 4 rings (SSSR count). The zero-order valence-corrected chi connectivity index (χ0v) is 17.2. The highest BCUT2D eigenvalue weighted by Crippen LogP contribution is 2.28. The van der Waals surface area contributed by atoms with Crippen LogP contribution in [-0.4, -0.2) is 30.6 Å². The van der Waals surface area contributed by atoms with Crippen LogP contribution in [0, 0.1) is 12.8 Å². The number of hydrogen-bond acceptors (Lipinski definition) is 3. The molecular formula is C23H25ClN4O. The Labute approximate surface area is 176 Å². The molecule has 5 nitrogen and oxygen atoms in total. The summed E-state index contributed by atoms with van der Waals surface area (Å²) in [5.74, 6) is 1.28. The number of fused-ring (bicyclic) bond motifs is 1. The van der Waals surface area contributed by atoms with Gasteiger partial charge in [-0.05, 0) is 49.3 Å². The van der Waals surface area contributed by atoms with Gasteiger partial charge >= 0.3 is 6.03 Å². The second kappa shape index (κ2) is 8.70. The molecule has 1 aliphatic rings. The van der Waals surface area contributed by atoms with Gasteiger partial charge in [0.05, 0.1) is 0 Å². The lowest BCUT2D eigenvalue weighted by Gasteiger charge is -2.34. The van der Waals surface area contributed by atoms with Gasteiger partial charge < -0.3 is 15.5 Å². The minimum absolute atomic E-state index is 0.169.